The van der Waals surface area contributed by atoms with Gasteiger partial charge in [0.15, 0.2) is 11.5 Å². The SMILES string of the molecule is [C-]#[N+]c1ccc(-n2c(C)c(C(=O)CN3CCCCC3)c3nc(C)c(CCC(=O)O)cc32)cc1. The lowest BCUT2D eigenvalue weighted by atomic mass is 10.0. The molecule has 1 saturated heterocycles. The maximum Gasteiger partial charge on any atom is 0.303 e. The van der Waals surface area contributed by atoms with Crippen LogP contribution in [0.1, 0.15) is 53.0 Å². The lowest BCUT2D eigenvalue weighted by Crippen LogP contribution is -2.34. The minimum Gasteiger partial charge on any atom is -0.481 e. The Labute approximate surface area is 193 Å². The molecule has 0 amide bonds. The second-order valence-corrected chi connectivity index (χ2v) is 8.68. The van der Waals surface area contributed by atoms with Crippen LogP contribution in [0.15, 0.2) is 30.3 Å². The van der Waals surface area contributed by atoms with Gasteiger partial charge in [0.1, 0.15) is 0 Å². The molecule has 33 heavy (non-hydrogen) atoms. The molecule has 3 aromatic rings. The Morgan fingerprint density at radius 1 is 1.12 bits per heavy atom. The van der Waals surface area contributed by atoms with Crippen LogP contribution in [0.25, 0.3) is 21.6 Å². The molecule has 0 atom stereocenters. The number of piperidine rings is 1. The molecule has 1 N–H and O–H groups in total. The van der Waals surface area contributed by atoms with Crippen molar-refractivity contribution in [2.24, 2.45) is 0 Å². The summed E-state index contributed by atoms with van der Waals surface area (Å²) in [7, 11) is 0. The van der Waals surface area contributed by atoms with Crippen molar-refractivity contribution in [2.45, 2.75) is 46.0 Å². The number of Topliss-reactive ketones (excluding diaryl/α,β-unsaturated/α-hetero) is 1. The minimum absolute atomic E-state index is 0.0220. The molecule has 0 bridgehead atoms. The maximum atomic E-state index is 13.5. The number of aryl methyl sites for hydroxylation is 2. The summed E-state index contributed by atoms with van der Waals surface area (Å²) in [4.78, 5) is 35.1. The highest BCUT2D eigenvalue weighted by Gasteiger charge is 2.25. The third-order valence-corrected chi connectivity index (χ3v) is 6.41. The zero-order valence-electron chi connectivity index (χ0n) is 19.1. The van der Waals surface area contributed by atoms with Gasteiger partial charge in [-0.05, 0) is 70.0 Å². The molecule has 3 heterocycles. The van der Waals surface area contributed by atoms with Crippen molar-refractivity contribution < 1.29 is 14.7 Å². The molecular weight excluding hydrogens is 416 g/mol. The zero-order valence-corrected chi connectivity index (χ0v) is 19.1. The van der Waals surface area contributed by atoms with E-state index >= 15 is 0 Å². The molecule has 4 rings (SSSR count). The number of aliphatic carboxylic acids is 1. The third kappa shape index (κ3) is 4.67. The monoisotopic (exact) mass is 444 g/mol. The van der Waals surface area contributed by atoms with E-state index in [2.05, 4.69) is 9.74 Å². The fraction of sp³-hybridized carbons (Fsp3) is 0.385. The molecule has 0 saturated carbocycles. The van der Waals surface area contributed by atoms with Crippen molar-refractivity contribution in [2.75, 3.05) is 19.6 Å². The largest absolute Gasteiger partial charge is 0.481 e. The number of hydrogen-bond donors (Lipinski definition) is 1. The summed E-state index contributed by atoms with van der Waals surface area (Å²) in [5, 5.41) is 9.14. The second-order valence-electron chi connectivity index (χ2n) is 8.68. The van der Waals surface area contributed by atoms with E-state index in [1.165, 1.54) is 6.42 Å². The Morgan fingerprint density at radius 3 is 2.45 bits per heavy atom. The number of rotatable bonds is 7. The number of carbonyl (C=O) groups excluding carboxylic acids is 1. The summed E-state index contributed by atoms with van der Waals surface area (Å²) in [6.45, 7) is 13.3. The third-order valence-electron chi connectivity index (χ3n) is 6.41. The predicted molar refractivity (Wildman–Crippen MR) is 127 cm³/mol. The van der Waals surface area contributed by atoms with Gasteiger partial charge in [-0.3, -0.25) is 19.5 Å². The summed E-state index contributed by atoms with van der Waals surface area (Å²) in [5.41, 5.74) is 5.87. The molecule has 0 spiro atoms. The molecule has 0 radical (unpaired) electrons. The summed E-state index contributed by atoms with van der Waals surface area (Å²) < 4.78 is 2.00. The smallest absolute Gasteiger partial charge is 0.303 e. The molecule has 7 nitrogen and oxygen atoms in total. The number of ketones is 1. The summed E-state index contributed by atoms with van der Waals surface area (Å²) in [6.07, 6.45) is 3.84. The van der Waals surface area contributed by atoms with E-state index in [1.807, 2.05) is 36.6 Å². The van der Waals surface area contributed by atoms with E-state index < -0.39 is 5.97 Å². The predicted octanol–water partition coefficient (Wildman–Crippen LogP) is 4.88. The first-order valence-electron chi connectivity index (χ1n) is 11.4. The van der Waals surface area contributed by atoms with Gasteiger partial charge in [-0.15, -0.1) is 0 Å². The standard InChI is InChI=1S/C26H28N4O3/c1-17-19(7-12-24(32)33)15-22-26(28-17)25(23(31)16-29-13-5-4-6-14-29)18(2)30(22)21-10-8-20(27-3)9-11-21/h8-11,15H,4-7,12-14,16H2,1-2H3,(H,32,33). The minimum atomic E-state index is -0.854. The number of likely N-dealkylation sites (tertiary alicyclic amines) is 1. The molecule has 170 valence electrons. The summed E-state index contributed by atoms with van der Waals surface area (Å²) >= 11 is 0. The van der Waals surface area contributed by atoms with Gasteiger partial charge >= 0.3 is 5.97 Å². The Balaban J connectivity index is 1.85. The van der Waals surface area contributed by atoms with Crippen molar-refractivity contribution in [1.82, 2.24) is 14.5 Å². The number of hydrogen-bond acceptors (Lipinski definition) is 4. The van der Waals surface area contributed by atoms with Gasteiger partial charge in [0, 0.05) is 23.5 Å². The van der Waals surface area contributed by atoms with E-state index in [0.29, 0.717) is 29.7 Å². The lowest BCUT2D eigenvalue weighted by Gasteiger charge is -2.25. The van der Waals surface area contributed by atoms with Gasteiger partial charge in [0.05, 0.1) is 29.7 Å². The van der Waals surface area contributed by atoms with E-state index in [4.69, 9.17) is 16.7 Å². The van der Waals surface area contributed by atoms with Crippen LogP contribution in [0, 0.1) is 20.4 Å². The number of carboxylic acids is 1. The van der Waals surface area contributed by atoms with Crippen LogP contribution in [0.4, 0.5) is 5.69 Å². The normalized spacial score (nSPS) is 14.3. The molecule has 0 unspecified atom stereocenters. The topological polar surface area (TPSA) is 79.8 Å². The van der Waals surface area contributed by atoms with Crippen molar-refractivity contribution >= 4 is 28.5 Å². The molecule has 1 aliphatic rings. The Morgan fingerprint density at radius 2 is 1.82 bits per heavy atom. The first-order chi connectivity index (χ1) is 15.9. The molecule has 1 aromatic carbocycles. The molecule has 2 aromatic heterocycles. The Bertz CT molecular complexity index is 1250. The lowest BCUT2D eigenvalue weighted by molar-refractivity contribution is -0.136. The first kappa shape index (κ1) is 22.7. The number of pyridine rings is 1. The van der Waals surface area contributed by atoms with Gasteiger partial charge in [0.25, 0.3) is 0 Å². The quantitative estimate of drug-likeness (QED) is 0.415. The zero-order chi connectivity index (χ0) is 23.5. The van der Waals surface area contributed by atoms with Crippen molar-refractivity contribution in [3.05, 3.63) is 64.3 Å². The number of carbonyl (C=O) groups is 2. The van der Waals surface area contributed by atoms with E-state index in [0.717, 1.165) is 54.1 Å². The molecule has 1 fully saturated rings. The van der Waals surface area contributed by atoms with Crippen LogP contribution in [0.3, 0.4) is 0 Å². The van der Waals surface area contributed by atoms with Gasteiger partial charge in [-0.2, -0.15) is 0 Å². The fourth-order valence-corrected chi connectivity index (χ4v) is 4.69. The van der Waals surface area contributed by atoms with Gasteiger partial charge in [0.2, 0.25) is 0 Å². The van der Waals surface area contributed by atoms with Crippen LogP contribution in [0.2, 0.25) is 0 Å². The molecular formula is C26H28N4O3. The number of fused-ring (bicyclic) bond motifs is 1. The van der Waals surface area contributed by atoms with Crippen molar-refractivity contribution in [3.63, 3.8) is 0 Å². The number of carboxylic acid groups (broad SMARTS) is 1. The maximum absolute atomic E-state index is 13.5. The Hall–Kier alpha value is -3.50. The molecule has 0 aliphatic carbocycles. The second kappa shape index (κ2) is 9.55. The fourth-order valence-electron chi connectivity index (χ4n) is 4.69. The summed E-state index contributed by atoms with van der Waals surface area (Å²) in [6, 6.07) is 9.23. The van der Waals surface area contributed by atoms with E-state index in [-0.39, 0.29) is 12.2 Å². The average Bonchev–Trinajstić information content (AvgIpc) is 3.08. The highest BCUT2D eigenvalue weighted by Crippen LogP contribution is 2.31. The van der Waals surface area contributed by atoms with Gasteiger partial charge in [-0.1, -0.05) is 18.6 Å². The average molecular weight is 445 g/mol. The van der Waals surface area contributed by atoms with Crippen LogP contribution >= 0.6 is 0 Å². The van der Waals surface area contributed by atoms with Crippen molar-refractivity contribution in [1.29, 1.82) is 0 Å². The highest BCUT2D eigenvalue weighted by atomic mass is 16.4. The van der Waals surface area contributed by atoms with Crippen molar-refractivity contribution in [3.8, 4) is 5.69 Å². The number of aromatic nitrogens is 2. The Kier molecular flexibility index (Phi) is 6.57. The van der Waals surface area contributed by atoms with Crippen LogP contribution < -0.4 is 0 Å². The van der Waals surface area contributed by atoms with Gasteiger partial charge < -0.3 is 9.67 Å². The van der Waals surface area contributed by atoms with E-state index in [9.17, 15) is 9.59 Å². The highest BCUT2D eigenvalue weighted by molar-refractivity contribution is 6.09. The summed E-state index contributed by atoms with van der Waals surface area (Å²) in [5.74, 6) is -0.797. The molecule has 1 aliphatic heterocycles. The van der Waals surface area contributed by atoms with Crippen LogP contribution in [0.5, 0.6) is 0 Å². The van der Waals surface area contributed by atoms with Crippen LogP contribution in [-0.2, 0) is 11.2 Å². The van der Waals surface area contributed by atoms with Crippen LogP contribution in [-0.4, -0.2) is 50.9 Å². The molecule has 7 heteroatoms. The van der Waals surface area contributed by atoms with E-state index in [1.54, 1.807) is 12.1 Å². The van der Waals surface area contributed by atoms with Gasteiger partial charge in [-0.25, -0.2) is 4.85 Å². The number of nitrogens with zero attached hydrogens (tertiary/aromatic N) is 4. The first-order valence-corrected chi connectivity index (χ1v) is 11.4. The number of benzene rings is 1.